The molecular weight excluding hydrogens is 720 g/mol. The molecule has 0 unspecified atom stereocenters. The highest BCUT2D eigenvalue weighted by molar-refractivity contribution is 9.10. The van der Waals surface area contributed by atoms with Gasteiger partial charge in [0.2, 0.25) is 0 Å². The zero-order chi connectivity index (χ0) is 39.8. The van der Waals surface area contributed by atoms with E-state index in [0.29, 0.717) is 11.5 Å². The van der Waals surface area contributed by atoms with Crippen molar-refractivity contribution in [2.75, 3.05) is 0 Å². The van der Waals surface area contributed by atoms with Gasteiger partial charge < -0.3 is 9.47 Å². The molecule has 4 nitrogen and oxygen atoms in total. The Kier molecular flexibility index (Phi) is 11.8. The fourth-order valence-corrected chi connectivity index (χ4v) is 6.76. The van der Waals surface area contributed by atoms with Crippen LogP contribution in [0.3, 0.4) is 0 Å². The average molecular weight is 776 g/mol. The van der Waals surface area contributed by atoms with E-state index >= 15 is 0 Å². The summed E-state index contributed by atoms with van der Waals surface area (Å²) < 4.78 is 12.6. The van der Waals surface area contributed by atoms with Crippen molar-refractivity contribution < 1.29 is 19.1 Å². The molecule has 0 saturated heterocycles. The van der Waals surface area contributed by atoms with E-state index in [0.717, 1.165) is 65.7 Å². The summed E-state index contributed by atoms with van der Waals surface area (Å²) in [6, 6.07) is 21.0. The van der Waals surface area contributed by atoms with Crippen LogP contribution < -0.4 is 9.47 Å². The number of carbonyl (C=O) groups is 2. The molecule has 0 N–H and O–H groups in total. The first-order chi connectivity index (χ1) is 24.3. The van der Waals surface area contributed by atoms with Crippen molar-refractivity contribution in [3.63, 3.8) is 0 Å². The zero-order valence-electron chi connectivity index (χ0n) is 34.1. The van der Waals surface area contributed by atoms with E-state index < -0.39 is 0 Å². The molecule has 0 aromatic heterocycles. The Balaban J connectivity index is 1.84. The molecule has 0 radical (unpaired) electrons. The molecule has 0 bridgehead atoms. The summed E-state index contributed by atoms with van der Waals surface area (Å²) in [5.74, 6) is 7.47. The molecule has 0 aliphatic heterocycles. The number of rotatable bonds is 5. The summed E-state index contributed by atoms with van der Waals surface area (Å²) in [6.45, 7) is 32.6. The fraction of sp³-hybridized carbons (Fsp3) is 0.375. The van der Waals surface area contributed by atoms with Crippen LogP contribution in [0.4, 0.5) is 0 Å². The molecule has 0 aliphatic carbocycles. The quantitative estimate of drug-likeness (QED) is 0.115. The predicted molar refractivity (Wildman–Crippen MR) is 225 cm³/mol. The molecule has 0 spiro atoms. The number of esters is 2. The summed E-state index contributed by atoms with van der Waals surface area (Å²) in [5, 5.41) is 0. The zero-order valence-corrected chi connectivity index (χ0v) is 35.7. The number of halogens is 1. The molecule has 0 aliphatic rings. The number of hydrogen-bond acceptors (Lipinski definition) is 4. The van der Waals surface area contributed by atoms with Crippen LogP contribution in [0.15, 0.2) is 71.7 Å². The Bertz CT molecular complexity index is 2080. The van der Waals surface area contributed by atoms with Crippen LogP contribution in [0.25, 0.3) is 28.3 Å². The van der Waals surface area contributed by atoms with Gasteiger partial charge in [0.25, 0.3) is 0 Å². The average Bonchev–Trinajstić information content (AvgIpc) is 3.01. The van der Waals surface area contributed by atoms with Gasteiger partial charge in [0, 0.05) is 51.7 Å². The SMILES string of the molecule is C=Cc1ccc(-c2cc(C(C)(C)C)c(OC(C)=O)c(C(C)(C)C)c2)cc1C#Cc1ccc(-c2cc(C(C)(C)C)c(OC(C)=O)c(C(C)(C)C)c2)cc1Br. The van der Waals surface area contributed by atoms with Crippen LogP contribution in [0.5, 0.6) is 11.5 Å². The molecule has 0 atom stereocenters. The maximum absolute atomic E-state index is 12.2. The fourth-order valence-electron chi connectivity index (χ4n) is 6.28. The molecule has 4 aromatic rings. The molecular formula is C48H55BrO4. The highest BCUT2D eigenvalue weighted by Gasteiger charge is 2.31. The van der Waals surface area contributed by atoms with Crippen molar-refractivity contribution in [3.05, 3.63) is 111 Å². The second-order valence-electron chi connectivity index (χ2n) is 17.9. The molecule has 4 rings (SSSR count). The van der Waals surface area contributed by atoms with Crippen LogP contribution in [0.2, 0.25) is 0 Å². The third kappa shape index (κ3) is 9.78. The Labute approximate surface area is 326 Å². The third-order valence-electron chi connectivity index (χ3n) is 9.14. The van der Waals surface area contributed by atoms with Gasteiger partial charge in [-0.2, -0.15) is 0 Å². The molecule has 5 heteroatoms. The van der Waals surface area contributed by atoms with Crippen molar-refractivity contribution in [3.8, 4) is 45.6 Å². The molecule has 0 amide bonds. The lowest BCUT2D eigenvalue weighted by Crippen LogP contribution is -2.21. The first-order valence-corrected chi connectivity index (χ1v) is 18.9. The van der Waals surface area contributed by atoms with Crippen LogP contribution in [0, 0.1) is 11.8 Å². The van der Waals surface area contributed by atoms with E-state index in [9.17, 15) is 9.59 Å². The summed E-state index contributed by atoms with van der Waals surface area (Å²) in [5.41, 5.74) is 9.65. The van der Waals surface area contributed by atoms with Crippen LogP contribution in [-0.2, 0) is 31.2 Å². The smallest absolute Gasteiger partial charge is 0.308 e. The van der Waals surface area contributed by atoms with Crippen molar-refractivity contribution in [1.82, 2.24) is 0 Å². The first kappa shape index (κ1) is 41.4. The Morgan fingerprint density at radius 1 is 0.547 bits per heavy atom. The standard InChI is InChI=1S/C48H55BrO4/c1-16-31-17-20-34(36-24-38(45(4,5)6)43(52-29(2)50)39(25-36)46(7,8)9)23-33(31)21-18-32-19-22-35(28-42(32)49)37-26-40(47(10,11)12)44(53-30(3)51)41(27-37)48(13,14)15/h16-17,19-20,22-28H,1H2,2-15H3. The van der Waals surface area contributed by atoms with Crippen molar-refractivity contribution in [1.29, 1.82) is 0 Å². The van der Waals surface area contributed by atoms with E-state index in [4.69, 9.17) is 9.47 Å². The van der Waals surface area contributed by atoms with Gasteiger partial charge in [0.15, 0.2) is 0 Å². The maximum Gasteiger partial charge on any atom is 0.308 e. The number of benzene rings is 4. The van der Waals surface area contributed by atoms with Gasteiger partial charge in [-0.3, -0.25) is 9.59 Å². The van der Waals surface area contributed by atoms with Gasteiger partial charge in [-0.15, -0.1) is 0 Å². The highest BCUT2D eigenvalue weighted by atomic mass is 79.9. The molecule has 0 saturated carbocycles. The lowest BCUT2D eigenvalue weighted by molar-refractivity contribution is -0.133. The van der Waals surface area contributed by atoms with Crippen LogP contribution in [-0.4, -0.2) is 11.9 Å². The Morgan fingerprint density at radius 2 is 0.906 bits per heavy atom. The normalized spacial score (nSPS) is 12.1. The minimum Gasteiger partial charge on any atom is -0.426 e. The minimum atomic E-state index is -0.331. The molecule has 4 aromatic carbocycles. The van der Waals surface area contributed by atoms with Crippen molar-refractivity contribution in [2.24, 2.45) is 0 Å². The van der Waals surface area contributed by atoms with E-state index in [1.54, 1.807) is 0 Å². The summed E-state index contributed by atoms with van der Waals surface area (Å²) in [4.78, 5) is 24.4. The number of hydrogen-bond donors (Lipinski definition) is 0. The largest absolute Gasteiger partial charge is 0.426 e. The van der Waals surface area contributed by atoms with Gasteiger partial charge in [0.1, 0.15) is 11.5 Å². The second kappa shape index (κ2) is 15.2. The maximum atomic E-state index is 12.2. The third-order valence-corrected chi connectivity index (χ3v) is 9.80. The molecule has 0 heterocycles. The van der Waals surface area contributed by atoms with Crippen LogP contribution in [0.1, 0.15) is 136 Å². The second-order valence-corrected chi connectivity index (χ2v) is 18.8. The number of ether oxygens (including phenoxy) is 2. The van der Waals surface area contributed by atoms with E-state index in [2.05, 4.69) is 172 Å². The summed E-state index contributed by atoms with van der Waals surface area (Å²) >= 11 is 3.82. The Hall–Kier alpha value is -4.40. The van der Waals surface area contributed by atoms with E-state index in [1.165, 1.54) is 13.8 Å². The van der Waals surface area contributed by atoms with Gasteiger partial charge in [0.05, 0.1) is 0 Å². The van der Waals surface area contributed by atoms with Gasteiger partial charge in [-0.05, 0) is 108 Å². The van der Waals surface area contributed by atoms with Crippen molar-refractivity contribution in [2.45, 2.75) is 119 Å². The highest BCUT2D eigenvalue weighted by Crippen LogP contribution is 2.45. The lowest BCUT2D eigenvalue weighted by atomic mass is 9.77. The summed E-state index contributed by atoms with van der Waals surface area (Å²) in [7, 11) is 0. The van der Waals surface area contributed by atoms with Crippen molar-refractivity contribution >= 4 is 33.9 Å². The Morgan fingerprint density at radius 3 is 1.25 bits per heavy atom. The lowest BCUT2D eigenvalue weighted by Gasteiger charge is -2.30. The molecule has 0 fully saturated rings. The summed E-state index contributed by atoms with van der Waals surface area (Å²) in [6.07, 6.45) is 1.83. The van der Waals surface area contributed by atoms with Gasteiger partial charge in [-0.1, -0.05) is 126 Å². The predicted octanol–water partition coefficient (Wildman–Crippen LogP) is 12.9. The van der Waals surface area contributed by atoms with Gasteiger partial charge >= 0.3 is 11.9 Å². The minimum absolute atomic E-state index is 0.256. The van der Waals surface area contributed by atoms with Gasteiger partial charge in [-0.25, -0.2) is 0 Å². The van der Waals surface area contributed by atoms with E-state index in [1.807, 2.05) is 12.1 Å². The molecule has 278 valence electrons. The first-order valence-electron chi connectivity index (χ1n) is 18.1. The number of carbonyl (C=O) groups excluding carboxylic acids is 2. The van der Waals surface area contributed by atoms with E-state index in [-0.39, 0.29) is 33.6 Å². The molecule has 53 heavy (non-hydrogen) atoms. The monoisotopic (exact) mass is 774 g/mol. The van der Waals surface area contributed by atoms with Crippen LogP contribution >= 0.6 is 15.9 Å². The topological polar surface area (TPSA) is 52.6 Å².